The van der Waals surface area contributed by atoms with Gasteiger partial charge in [0.05, 0.1) is 6.10 Å². The SMILES string of the molecule is O=C(CCc1ccc(F)c(F)c1)NCC(O)c1ccc(Cl)cc1. The van der Waals surface area contributed by atoms with E-state index >= 15 is 0 Å². The van der Waals surface area contributed by atoms with E-state index in [-0.39, 0.29) is 18.9 Å². The molecule has 1 unspecified atom stereocenters. The maximum atomic E-state index is 13.1. The Balaban J connectivity index is 1.78. The van der Waals surface area contributed by atoms with Gasteiger partial charge in [0.25, 0.3) is 0 Å². The minimum atomic E-state index is -0.930. The predicted molar refractivity (Wildman–Crippen MR) is 84.1 cm³/mol. The summed E-state index contributed by atoms with van der Waals surface area (Å²) in [5.74, 6) is -2.12. The Morgan fingerprint density at radius 1 is 1.13 bits per heavy atom. The number of carbonyl (C=O) groups is 1. The predicted octanol–water partition coefficient (Wildman–Crippen LogP) is 3.40. The molecule has 1 atom stereocenters. The van der Waals surface area contributed by atoms with Crippen LogP contribution in [0.25, 0.3) is 0 Å². The zero-order valence-corrected chi connectivity index (χ0v) is 13.0. The largest absolute Gasteiger partial charge is 0.387 e. The number of carbonyl (C=O) groups excluding carboxylic acids is 1. The van der Waals surface area contributed by atoms with Gasteiger partial charge in [-0.25, -0.2) is 8.78 Å². The van der Waals surface area contributed by atoms with Gasteiger partial charge in [0.2, 0.25) is 5.91 Å². The third-order valence-corrected chi connectivity index (χ3v) is 3.62. The number of amides is 1. The fraction of sp³-hybridized carbons (Fsp3) is 0.235. The summed E-state index contributed by atoms with van der Waals surface area (Å²) in [6.07, 6.45) is -0.419. The van der Waals surface area contributed by atoms with E-state index in [9.17, 15) is 18.7 Å². The summed E-state index contributed by atoms with van der Waals surface area (Å²) in [4.78, 5) is 11.7. The van der Waals surface area contributed by atoms with Crippen LogP contribution in [0, 0.1) is 11.6 Å². The minimum Gasteiger partial charge on any atom is -0.387 e. The number of nitrogens with one attached hydrogen (secondary N) is 1. The number of aliphatic hydroxyl groups is 1. The molecule has 3 nitrogen and oxygen atoms in total. The van der Waals surface area contributed by atoms with E-state index in [1.807, 2.05) is 0 Å². The van der Waals surface area contributed by atoms with Crippen LogP contribution in [0.4, 0.5) is 8.78 Å². The van der Waals surface area contributed by atoms with Gasteiger partial charge in [-0.15, -0.1) is 0 Å². The summed E-state index contributed by atoms with van der Waals surface area (Å²) < 4.78 is 25.9. The zero-order chi connectivity index (χ0) is 16.8. The molecule has 0 aliphatic carbocycles. The third kappa shape index (κ3) is 5.30. The van der Waals surface area contributed by atoms with Crippen LogP contribution in [0.15, 0.2) is 42.5 Å². The highest BCUT2D eigenvalue weighted by Crippen LogP contribution is 2.16. The second-order valence-corrected chi connectivity index (χ2v) is 5.56. The smallest absolute Gasteiger partial charge is 0.220 e. The van der Waals surface area contributed by atoms with Crippen molar-refractivity contribution in [1.29, 1.82) is 0 Å². The highest BCUT2D eigenvalue weighted by molar-refractivity contribution is 6.30. The van der Waals surface area contributed by atoms with Crippen molar-refractivity contribution in [1.82, 2.24) is 5.32 Å². The van der Waals surface area contributed by atoms with Crippen molar-refractivity contribution >= 4 is 17.5 Å². The van der Waals surface area contributed by atoms with Gasteiger partial charge in [0, 0.05) is 18.0 Å². The molecule has 0 spiro atoms. The summed E-state index contributed by atoms with van der Waals surface area (Å²) in [5, 5.41) is 13.1. The molecular weight excluding hydrogens is 324 g/mol. The lowest BCUT2D eigenvalue weighted by Gasteiger charge is -2.12. The molecule has 2 rings (SSSR count). The fourth-order valence-corrected chi connectivity index (χ4v) is 2.18. The lowest BCUT2D eigenvalue weighted by atomic mass is 10.1. The zero-order valence-electron chi connectivity index (χ0n) is 12.2. The first-order valence-corrected chi connectivity index (χ1v) is 7.47. The maximum Gasteiger partial charge on any atom is 0.220 e. The topological polar surface area (TPSA) is 49.3 Å². The van der Waals surface area contributed by atoms with Gasteiger partial charge in [-0.3, -0.25) is 4.79 Å². The number of rotatable bonds is 6. The van der Waals surface area contributed by atoms with Crippen molar-refractivity contribution in [2.24, 2.45) is 0 Å². The monoisotopic (exact) mass is 339 g/mol. The molecule has 0 radical (unpaired) electrons. The average molecular weight is 340 g/mol. The lowest BCUT2D eigenvalue weighted by Crippen LogP contribution is -2.28. The van der Waals surface area contributed by atoms with Crippen LogP contribution in [-0.2, 0) is 11.2 Å². The number of halogens is 3. The molecule has 0 aliphatic heterocycles. The van der Waals surface area contributed by atoms with E-state index in [0.29, 0.717) is 22.6 Å². The summed E-state index contributed by atoms with van der Waals surface area (Å²) in [6.45, 7) is 0.0677. The first-order chi connectivity index (χ1) is 11.0. The Morgan fingerprint density at radius 3 is 2.48 bits per heavy atom. The molecule has 122 valence electrons. The fourth-order valence-electron chi connectivity index (χ4n) is 2.05. The highest BCUT2D eigenvalue weighted by Gasteiger charge is 2.10. The van der Waals surface area contributed by atoms with E-state index in [2.05, 4.69) is 5.32 Å². The molecule has 0 saturated carbocycles. The van der Waals surface area contributed by atoms with E-state index in [0.717, 1.165) is 12.1 Å². The van der Waals surface area contributed by atoms with Crippen LogP contribution in [0.1, 0.15) is 23.7 Å². The number of aliphatic hydroxyl groups excluding tert-OH is 1. The molecule has 0 bridgehead atoms. The van der Waals surface area contributed by atoms with Crippen LogP contribution in [-0.4, -0.2) is 17.6 Å². The van der Waals surface area contributed by atoms with E-state index in [1.165, 1.54) is 6.07 Å². The first-order valence-electron chi connectivity index (χ1n) is 7.10. The summed E-state index contributed by atoms with van der Waals surface area (Å²) >= 11 is 5.76. The quantitative estimate of drug-likeness (QED) is 0.847. The minimum absolute atomic E-state index is 0.0677. The number of benzene rings is 2. The van der Waals surface area contributed by atoms with Gasteiger partial charge in [-0.1, -0.05) is 29.8 Å². The second kappa shape index (κ2) is 8.04. The van der Waals surface area contributed by atoms with Gasteiger partial charge < -0.3 is 10.4 Å². The summed E-state index contributed by atoms with van der Waals surface area (Å²) in [5.41, 5.74) is 1.19. The van der Waals surface area contributed by atoms with Crippen molar-refractivity contribution < 1.29 is 18.7 Å². The van der Waals surface area contributed by atoms with E-state index in [1.54, 1.807) is 24.3 Å². The van der Waals surface area contributed by atoms with Crippen LogP contribution in [0.5, 0.6) is 0 Å². The van der Waals surface area contributed by atoms with Crippen molar-refractivity contribution in [2.75, 3.05) is 6.54 Å². The molecule has 0 saturated heterocycles. The van der Waals surface area contributed by atoms with Crippen LogP contribution in [0.2, 0.25) is 5.02 Å². The molecular formula is C17H16ClF2NO2. The van der Waals surface area contributed by atoms with Crippen molar-refractivity contribution in [3.8, 4) is 0 Å². The number of hydrogen-bond acceptors (Lipinski definition) is 2. The Bertz CT molecular complexity index is 677. The van der Waals surface area contributed by atoms with Crippen molar-refractivity contribution in [3.63, 3.8) is 0 Å². The lowest BCUT2D eigenvalue weighted by molar-refractivity contribution is -0.121. The summed E-state index contributed by atoms with van der Waals surface area (Å²) in [6, 6.07) is 10.2. The molecule has 0 aromatic heterocycles. The van der Waals surface area contributed by atoms with Gasteiger partial charge >= 0.3 is 0 Å². The molecule has 2 N–H and O–H groups in total. The Hall–Kier alpha value is -1.98. The molecule has 2 aromatic rings. The molecule has 0 heterocycles. The molecule has 0 fully saturated rings. The van der Waals surface area contributed by atoms with Crippen molar-refractivity contribution in [3.05, 3.63) is 70.2 Å². The Morgan fingerprint density at radius 2 is 1.83 bits per heavy atom. The maximum absolute atomic E-state index is 13.1. The Kier molecular flexibility index (Phi) is 6.07. The molecule has 0 aliphatic rings. The van der Waals surface area contributed by atoms with Crippen LogP contribution in [0.3, 0.4) is 0 Å². The molecule has 6 heteroatoms. The molecule has 2 aromatic carbocycles. The van der Waals surface area contributed by atoms with Gasteiger partial charge in [0.1, 0.15) is 0 Å². The molecule has 1 amide bonds. The standard InChI is InChI=1S/C17H16ClF2NO2/c18-13-5-3-12(4-6-13)16(22)10-21-17(23)8-2-11-1-7-14(19)15(20)9-11/h1,3-7,9,16,22H,2,8,10H2,(H,21,23). The van der Waals surface area contributed by atoms with Crippen LogP contribution < -0.4 is 5.32 Å². The summed E-state index contributed by atoms with van der Waals surface area (Å²) in [7, 11) is 0. The highest BCUT2D eigenvalue weighted by atomic mass is 35.5. The second-order valence-electron chi connectivity index (χ2n) is 5.12. The first kappa shape index (κ1) is 17.4. The van der Waals surface area contributed by atoms with E-state index in [4.69, 9.17) is 11.6 Å². The number of aryl methyl sites for hydroxylation is 1. The van der Waals surface area contributed by atoms with Crippen LogP contribution >= 0.6 is 11.6 Å². The van der Waals surface area contributed by atoms with Gasteiger partial charge in [-0.05, 0) is 41.8 Å². The third-order valence-electron chi connectivity index (χ3n) is 3.37. The Labute approximate surface area is 137 Å². The van der Waals surface area contributed by atoms with Crippen molar-refractivity contribution in [2.45, 2.75) is 18.9 Å². The average Bonchev–Trinajstić information content (AvgIpc) is 2.54. The molecule has 23 heavy (non-hydrogen) atoms. The normalized spacial score (nSPS) is 12.0. The van der Waals surface area contributed by atoms with Gasteiger partial charge in [0.15, 0.2) is 11.6 Å². The number of hydrogen-bond donors (Lipinski definition) is 2. The van der Waals surface area contributed by atoms with E-state index < -0.39 is 17.7 Å². The van der Waals surface area contributed by atoms with Gasteiger partial charge in [-0.2, -0.15) is 0 Å².